The maximum atomic E-state index is 12.4. The van der Waals surface area contributed by atoms with Crippen LogP contribution in [-0.2, 0) is 9.59 Å². The number of hydrogen-bond acceptors (Lipinski definition) is 3. The zero-order valence-corrected chi connectivity index (χ0v) is 11.3. The Morgan fingerprint density at radius 2 is 1.79 bits per heavy atom. The summed E-state index contributed by atoms with van der Waals surface area (Å²) in [6.07, 6.45) is -3.70. The number of carbonyl (C=O) groups excluding carboxylic acids is 2. The topological polar surface area (TPSA) is 66.6 Å². The second-order valence-corrected chi connectivity index (χ2v) is 4.49. The van der Waals surface area contributed by atoms with Crippen molar-refractivity contribution in [1.82, 2.24) is 9.80 Å². The highest BCUT2D eigenvalue weighted by molar-refractivity contribution is 5.87. The summed E-state index contributed by atoms with van der Waals surface area (Å²) < 4.78 is 37.2. The maximum absolute atomic E-state index is 12.4. The third-order valence-corrected chi connectivity index (χ3v) is 2.42. The number of rotatable bonds is 6. The van der Waals surface area contributed by atoms with Crippen LogP contribution in [0.15, 0.2) is 0 Å². The maximum Gasteiger partial charge on any atom is 0.406 e. The van der Waals surface area contributed by atoms with Crippen LogP contribution in [0, 0.1) is 0 Å². The summed E-state index contributed by atoms with van der Waals surface area (Å²) in [5.74, 6) is -1.43. The Kier molecular flexibility index (Phi) is 6.82. The van der Waals surface area contributed by atoms with Crippen molar-refractivity contribution >= 4 is 11.8 Å². The largest absolute Gasteiger partial charge is 0.406 e. The van der Waals surface area contributed by atoms with Crippen molar-refractivity contribution in [3.8, 4) is 0 Å². The fourth-order valence-electron chi connectivity index (χ4n) is 1.40. The predicted molar refractivity (Wildman–Crippen MR) is 64.2 cm³/mol. The van der Waals surface area contributed by atoms with E-state index in [-0.39, 0.29) is 6.42 Å². The normalized spacial score (nSPS) is 13.0. The number of alkyl halides is 3. The number of hydrogen-bond donors (Lipinski definition) is 1. The molecule has 2 N–H and O–H groups in total. The monoisotopic (exact) mass is 283 g/mol. The van der Waals surface area contributed by atoms with Gasteiger partial charge in [-0.3, -0.25) is 9.59 Å². The fourth-order valence-corrected chi connectivity index (χ4v) is 1.40. The molecule has 0 fully saturated rings. The van der Waals surface area contributed by atoms with Gasteiger partial charge in [0.1, 0.15) is 13.1 Å². The van der Waals surface area contributed by atoms with Gasteiger partial charge in [0, 0.05) is 14.1 Å². The summed E-state index contributed by atoms with van der Waals surface area (Å²) in [7, 11) is 2.81. The number of nitrogens with zero attached hydrogens (tertiary/aromatic N) is 2. The van der Waals surface area contributed by atoms with Gasteiger partial charge < -0.3 is 15.5 Å². The van der Waals surface area contributed by atoms with Crippen molar-refractivity contribution in [2.45, 2.75) is 32.0 Å². The van der Waals surface area contributed by atoms with E-state index in [0.717, 1.165) is 4.90 Å². The van der Waals surface area contributed by atoms with Crippen molar-refractivity contribution in [3.63, 3.8) is 0 Å². The lowest BCUT2D eigenvalue weighted by atomic mass is 10.1. The number of carbonyl (C=O) groups is 2. The third-order valence-electron chi connectivity index (χ3n) is 2.42. The fraction of sp³-hybridized carbons (Fsp3) is 0.818. The molecule has 5 nitrogen and oxygen atoms in total. The molecule has 1 atom stereocenters. The molecular weight excluding hydrogens is 263 g/mol. The van der Waals surface area contributed by atoms with Gasteiger partial charge >= 0.3 is 6.18 Å². The van der Waals surface area contributed by atoms with Crippen molar-refractivity contribution in [3.05, 3.63) is 0 Å². The first-order valence-electron chi connectivity index (χ1n) is 5.89. The van der Waals surface area contributed by atoms with E-state index in [4.69, 9.17) is 5.73 Å². The Morgan fingerprint density at radius 1 is 1.26 bits per heavy atom. The number of amides is 2. The van der Waals surface area contributed by atoms with Crippen LogP contribution in [0.1, 0.15) is 19.8 Å². The average molecular weight is 283 g/mol. The van der Waals surface area contributed by atoms with Crippen LogP contribution < -0.4 is 5.73 Å². The highest BCUT2D eigenvalue weighted by atomic mass is 19.4. The van der Waals surface area contributed by atoms with Crippen LogP contribution in [0.3, 0.4) is 0 Å². The first-order chi connectivity index (χ1) is 8.58. The summed E-state index contributed by atoms with van der Waals surface area (Å²) >= 11 is 0. The molecule has 0 saturated heterocycles. The molecule has 0 unspecified atom stereocenters. The molecule has 0 saturated carbocycles. The molecular formula is C11H20F3N3O2. The molecule has 2 amide bonds. The molecule has 0 heterocycles. The van der Waals surface area contributed by atoms with E-state index in [0.29, 0.717) is 11.3 Å². The second kappa shape index (κ2) is 7.32. The minimum atomic E-state index is -4.56. The van der Waals surface area contributed by atoms with Gasteiger partial charge in [-0.15, -0.1) is 0 Å². The first-order valence-corrected chi connectivity index (χ1v) is 5.89. The van der Waals surface area contributed by atoms with Crippen molar-refractivity contribution in [2.24, 2.45) is 5.73 Å². The molecule has 0 radical (unpaired) electrons. The van der Waals surface area contributed by atoms with E-state index >= 15 is 0 Å². The van der Waals surface area contributed by atoms with E-state index in [1.54, 1.807) is 6.92 Å². The van der Waals surface area contributed by atoms with E-state index in [1.807, 2.05) is 0 Å². The summed E-state index contributed by atoms with van der Waals surface area (Å²) in [6, 6.07) is -1.01. The van der Waals surface area contributed by atoms with E-state index < -0.39 is 37.1 Å². The predicted octanol–water partition coefficient (Wildman–Crippen LogP) is 0.593. The molecule has 112 valence electrons. The Labute approximate surface area is 110 Å². The molecule has 0 bridgehead atoms. The molecule has 0 rings (SSSR count). The lowest BCUT2D eigenvalue weighted by Crippen LogP contribution is -2.50. The number of nitrogens with two attached hydrogens (primary N) is 1. The van der Waals surface area contributed by atoms with Crippen molar-refractivity contribution < 1.29 is 22.8 Å². The zero-order chi connectivity index (χ0) is 15.2. The third kappa shape index (κ3) is 7.00. The van der Waals surface area contributed by atoms with Gasteiger partial charge in [-0.25, -0.2) is 0 Å². The molecule has 0 aliphatic carbocycles. The van der Waals surface area contributed by atoms with Gasteiger partial charge in [0.15, 0.2) is 0 Å². The van der Waals surface area contributed by atoms with Gasteiger partial charge in [0.25, 0.3) is 0 Å². The van der Waals surface area contributed by atoms with Crippen LogP contribution in [0.4, 0.5) is 13.2 Å². The highest BCUT2D eigenvalue weighted by Crippen LogP contribution is 2.17. The number of likely N-dealkylation sites (N-methyl/N-ethyl adjacent to an activating group) is 1. The zero-order valence-electron chi connectivity index (χ0n) is 11.3. The van der Waals surface area contributed by atoms with Crippen LogP contribution in [-0.4, -0.2) is 61.0 Å². The standard InChI is InChI=1S/C11H20F3N3O2/c1-4-5-8(15)10(19)17(7-11(12,13)14)6-9(18)16(2)3/h8H,4-7,15H2,1-3H3/t8-/m1/s1. The van der Waals surface area contributed by atoms with E-state index in [1.165, 1.54) is 14.1 Å². The van der Waals surface area contributed by atoms with Crippen LogP contribution >= 0.6 is 0 Å². The lowest BCUT2D eigenvalue weighted by molar-refractivity contribution is -0.164. The van der Waals surface area contributed by atoms with Crippen LogP contribution in [0.5, 0.6) is 0 Å². The van der Waals surface area contributed by atoms with Crippen molar-refractivity contribution in [1.29, 1.82) is 0 Å². The van der Waals surface area contributed by atoms with Gasteiger partial charge in [-0.1, -0.05) is 13.3 Å². The van der Waals surface area contributed by atoms with Gasteiger partial charge in [0.05, 0.1) is 6.04 Å². The molecule has 19 heavy (non-hydrogen) atoms. The Hall–Kier alpha value is -1.31. The highest BCUT2D eigenvalue weighted by Gasteiger charge is 2.35. The van der Waals surface area contributed by atoms with Crippen LogP contribution in [0.25, 0.3) is 0 Å². The summed E-state index contributed by atoms with van der Waals surface area (Å²) in [6.45, 7) is -0.322. The molecule has 0 spiro atoms. The molecule has 0 aromatic carbocycles. The summed E-state index contributed by atoms with van der Waals surface area (Å²) in [4.78, 5) is 24.8. The minimum Gasteiger partial charge on any atom is -0.347 e. The minimum absolute atomic E-state index is 0.281. The Balaban J connectivity index is 4.85. The lowest BCUT2D eigenvalue weighted by Gasteiger charge is -2.27. The van der Waals surface area contributed by atoms with Crippen molar-refractivity contribution in [2.75, 3.05) is 27.2 Å². The van der Waals surface area contributed by atoms with E-state index in [2.05, 4.69) is 0 Å². The van der Waals surface area contributed by atoms with Gasteiger partial charge in [0.2, 0.25) is 11.8 Å². The smallest absolute Gasteiger partial charge is 0.347 e. The molecule has 0 aromatic heterocycles. The SMILES string of the molecule is CCC[C@@H](N)C(=O)N(CC(=O)N(C)C)CC(F)(F)F. The molecule has 0 aliphatic heterocycles. The molecule has 8 heteroatoms. The summed E-state index contributed by atoms with van der Waals surface area (Å²) in [5.41, 5.74) is 5.52. The second-order valence-electron chi connectivity index (χ2n) is 4.49. The molecule has 0 aromatic rings. The average Bonchev–Trinajstić information content (AvgIpc) is 2.25. The van der Waals surface area contributed by atoms with Gasteiger partial charge in [-0.05, 0) is 6.42 Å². The Morgan fingerprint density at radius 3 is 2.16 bits per heavy atom. The molecule has 0 aliphatic rings. The summed E-state index contributed by atoms with van der Waals surface area (Å²) in [5, 5.41) is 0. The Bertz CT molecular complexity index is 319. The first kappa shape index (κ1) is 17.7. The number of halogens is 3. The van der Waals surface area contributed by atoms with Gasteiger partial charge in [-0.2, -0.15) is 13.2 Å². The van der Waals surface area contributed by atoms with E-state index in [9.17, 15) is 22.8 Å². The quantitative estimate of drug-likeness (QED) is 0.776. The van der Waals surface area contributed by atoms with Crippen LogP contribution in [0.2, 0.25) is 0 Å².